The summed E-state index contributed by atoms with van der Waals surface area (Å²) in [5.74, 6) is 0.734. The van der Waals surface area contributed by atoms with Crippen LogP contribution in [0.4, 0.5) is 11.4 Å². The van der Waals surface area contributed by atoms with Gasteiger partial charge in [-0.1, -0.05) is 6.07 Å². The number of nitrogens with two attached hydrogens (primary N) is 1. The number of nitro groups is 1. The van der Waals surface area contributed by atoms with E-state index in [1.165, 1.54) is 19.2 Å². The molecule has 0 saturated heterocycles. The molecule has 2 N–H and O–H groups in total. The Balaban J connectivity index is 2.39. The van der Waals surface area contributed by atoms with Crippen molar-refractivity contribution in [3.05, 3.63) is 52.6 Å². The monoisotopic (exact) mass is 260 g/mol. The molecule has 6 nitrogen and oxygen atoms in total. The van der Waals surface area contributed by atoms with Crippen LogP contribution in [-0.2, 0) is 0 Å². The Morgan fingerprint density at radius 3 is 2.32 bits per heavy atom. The average Bonchev–Trinajstić information content (AvgIpc) is 2.40. The number of nitro benzene ring substituents is 1. The molecule has 0 heterocycles. The van der Waals surface area contributed by atoms with Crippen molar-refractivity contribution < 1.29 is 14.4 Å². The Morgan fingerprint density at radius 1 is 1.11 bits per heavy atom. The minimum Gasteiger partial charge on any atom is -0.490 e. The molecule has 0 aliphatic heterocycles. The van der Waals surface area contributed by atoms with Gasteiger partial charge in [-0.25, -0.2) is 0 Å². The largest absolute Gasteiger partial charge is 0.490 e. The summed E-state index contributed by atoms with van der Waals surface area (Å²) in [5, 5.41) is 11.1. The molecule has 0 fully saturated rings. The van der Waals surface area contributed by atoms with Crippen LogP contribution in [-0.4, -0.2) is 12.0 Å². The molecular weight excluding hydrogens is 248 g/mol. The van der Waals surface area contributed by atoms with Crippen molar-refractivity contribution in [3.8, 4) is 17.2 Å². The smallest absolute Gasteiger partial charge is 0.352 e. The second-order valence-corrected chi connectivity index (χ2v) is 3.74. The van der Waals surface area contributed by atoms with Gasteiger partial charge < -0.3 is 15.2 Å². The lowest BCUT2D eigenvalue weighted by Crippen LogP contribution is -1.97. The van der Waals surface area contributed by atoms with Crippen LogP contribution in [0.1, 0.15) is 0 Å². The van der Waals surface area contributed by atoms with Crippen molar-refractivity contribution in [3.63, 3.8) is 0 Å². The molecule has 0 saturated carbocycles. The first-order valence-electron chi connectivity index (χ1n) is 5.46. The van der Waals surface area contributed by atoms with Gasteiger partial charge in [0.1, 0.15) is 5.75 Å². The minimum absolute atomic E-state index is 0.120. The highest BCUT2D eigenvalue weighted by molar-refractivity contribution is 5.58. The van der Waals surface area contributed by atoms with Crippen LogP contribution in [0.5, 0.6) is 17.2 Å². The highest BCUT2D eigenvalue weighted by atomic mass is 16.6. The molecule has 2 aromatic carbocycles. The van der Waals surface area contributed by atoms with Gasteiger partial charge in [-0.3, -0.25) is 10.1 Å². The zero-order valence-corrected chi connectivity index (χ0v) is 10.2. The van der Waals surface area contributed by atoms with Crippen LogP contribution >= 0.6 is 0 Å². The fourth-order valence-corrected chi connectivity index (χ4v) is 1.59. The van der Waals surface area contributed by atoms with Gasteiger partial charge in [0.25, 0.3) is 0 Å². The molecule has 6 heteroatoms. The quantitative estimate of drug-likeness (QED) is 0.518. The van der Waals surface area contributed by atoms with Gasteiger partial charge in [-0.05, 0) is 36.4 Å². The number of hydrogen-bond acceptors (Lipinski definition) is 5. The average molecular weight is 260 g/mol. The van der Waals surface area contributed by atoms with E-state index in [1.54, 1.807) is 30.3 Å². The summed E-state index contributed by atoms with van der Waals surface area (Å²) in [5.41, 5.74) is 5.94. The third kappa shape index (κ3) is 2.74. The standard InChI is InChI=1S/C13H12N2O4/c1-18-11-3-2-4-12(13(11)15(16)17)19-10-7-5-9(14)6-8-10/h2-8H,14H2,1H3. The second-order valence-electron chi connectivity index (χ2n) is 3.74. The van der Waals surface area contributed by atoms with Crippen LogP contribution < -0.4 is 15.2 Å². The summed E-state index contributed by atoms with van der Waals surface area (Å²) in [4.78, 5) is 10.5. The summed E-state index contributed by atoms with van der Waals surface area (Å²) in [7, 11) is 1.37. The van der Waals surface area contributed by atoms with Crippen LogP contribution in [0.15, 0.2) is 42.5 Å². The third-order valence-corrected chi connectivity index (χ3v) is 2.47. The molecule has 0 aliphatic rings. The Morgan fingerprint density at radius 2 is 1.74 bits per heavy atom. The van der Waals surface area contributed by atoms with Crippen molar-refractivity contribution in [2.75, 3.05) is 12.8 Å². The summed E-state index contributed by atoms with van der Waals surface area (Å²) in [6.45, 7) is 0. The molecule has 2 aromatic rings. The molecular formula is C13H12N2O4. The molecule has 19 heavy (non-hydrogen) atoms. The van der Waals surface area contributed by atoms with Crippen LogP contribution in [0.2, 0.25) is 0 Å². The maximum atomic E-state index is 11.1. The lowest BCUT2D eigenvalue weighted by molar-refractivity contribution is -0.386. The Hall–Kier alpha value is -2.76. The van der Waals surface area contributed by atoms with E-state index in [2.05, 4.69) is 0 Å². The number of nitrogen functional groups attached to an aromatic ring is 1. The van der Waals surface area contributed by atoms with Crippen molar-refractivity contribution in [2.45, 2.75) is 0 Å². The minimum atomic E-state index is -0.536. The Bertz CT molecular complexity index is 596. The van der Waals surface area contributed by atoms with Crippen LogP contribution in [0.3, 0.4) is 0 Å². The molecule has 98 valence electrons. The number of anilines is 1. The van der Waals surface area contributed by atoms with Gasteiger partial charge in [0.15, 0.2) is 0 Å². The van der Waals surface area contributed by atoms with E-state index in [0.29, 0.717) is 11.4 Å². The summed E-state index contributed by atoms with van der Waals surface area (Å²) in [6.07, 6.45) is 0. The fraction of sp³-hybridized carbons (Fsp3) is 0.0769. The maximum absolute atomic E-state index is 11.1. The number of nitrogens with zero attached hydrogens (tertiary/aromatic N) is 1. The first-order valence-corrected chi connectivity index (χ1v) is 5.46. The molecule has 0 bridgehead atoms. The van der Waals surface area contributed by atoms with Crippen molar-refractivity contribution in [1.82, 2.24) is 0 Å². The summed E-state index contributed by atoms with van der Waals surface area (Å²) < 4.78 is 10.5. The molecule has 0 aromatic heterocycles. The fourth-order valence-electron chi connectivity index (χ4n) is 1.59. The molecule has 0 radical (unpaired) electrons. The molecule has 0 aliphatic carbocycles. The van der Waals surface area contributed by atoms with Crippen molar-refractivity contribution >= 4 is 11.4 Å². The van der Waals surface area contributed by atoms with Gasteiger partial charge >= 0.3 is 5.69 Å². The predicted octanol–water partition coefficient (Wildman–Crippen LogP) is 2.98. The molecule has 0 spiro atoms. The van der Waals surface area contributed by atoms with Gasteiger partial charge in [0.2, 0.25) is 11.5 Å². The predicted molar refractivity (Wildman–Crippen MR) is 70.6 cm³/mol. The lowest BCUT2D eigenvalue weighted by atomic mass is 10.2. The highest BCUT2D eigenvalue weighted by Crippen LogP contribution is 2.38. The zero-order valence-electron chi connectivity index (χ0n) is 10.2. The Kier molecular flexibility index (Phi) is 3.51. The number of hydrogen-bond donors (Lipinski definition) is 1. The molecule has 2 rings (SSSR count). The lowest BCUT2D eigenvalue weighted by Gasteiger charge is -2.08. The number of benzene rings is 2. The van der Waals surface area contributed by atoms with E-state index in [9.17, 15) is 10.1 Å². The van der Waals surface area contributed by atoms with E-state index < -0.39 is 4.92 Å². The summed E-state index contributed by atoms with van der Waals surface area (Å²) in [6, 6.07) is 11.2. The first-order chi connectivity index (χ1) is 9.11. The van der Waals surface area contributed by atoms with E-state index >= 15 is 0 Å². The van der Waals surface area contributed by atoms with Crippen LogP contribution in [0, 0.1) is 10.1 Å². The van der Waals surface area contributed by atoms with Crippen molar-refractivity contribution in [2.24, 2.45) is 0 Å². The van der Waals surface area contributed by atoms with Crippen molar-refractivity contribution in [1.29, 1.82) is 0 Å². The number of rotatable bonds is 4. The van der Waals surface area contributed by atoms with Gasteiger partial charge in [0.05, 0.1) is 12.0 Å². The topological polar surface area (TPSA) is 87.6 Å². The van der Waals surface area contributed by atoms with E-state index in [1.807, 2.05) is 0 Å². The van der Waals surface area contributed by atoms with E-state index in [4.69, 9.17) is 15.2 Å². The molecule has 0 amide bonds. The van der Waals surface area contributed by atoms with Gasteiger partial charge in [-0.15, -0.1) is 0 Å². The zero-order chi connectivity index (χ0) is 13.8. The SMILES string of the molecule is COc1cccc(Oc2ccc(N)cc2)c1[N+](=O)[O-]. The maximum Gasteiger partial charge on any atom is 0.352 e. The second kappa shape index (κ2) is 5.26. The summed E-state index contributed by atoms with van der Waals surface area (Å²) >= 11 is 0. The molecule has 0 unspecified atom stereocenters. The van der Waals surface area contributed by atoms with E-state index in [-0.39, 0.29) is 17.2 Å². The van der Waals surface area contributed by atoms with Crippen LogP contribution in [0.25, 0.3) is 0 Å². The molecule has 0 atom stereocenters. The number of methoxy groups -OCH3 is 1. The number of ether oxygens (including phenoxy) is 2. The normalized spacial score (nSPS) is 9.95. The Labute approximate surface area is 109 Å². The first kappa shape index (κ1) is 12.7. The highest BCUT2D eigenvalue weighted by Gasteiger charge is 2.22. The van der Waals surface area contributed by atoms with Gasteiger partial charge in [-0.2, -0.15) is 0 Å². The third-order valence-electron chi connectivity index (χ3n) is 2.47. The van der Waals surface area contributed by atoms with E-state index in [0.717, 1.165) is 0 Å². The number of para-hydroxylation sites is 1. The van der Waals surface area contributed by atoms with Gasteiger partial charge in [0, 0.05) is 5.69 Å².